The Labute approximate surface area is 185 Å². The van der Waals surface area contributed by atoms with Gasteiger partial charge in [0, 0.05) is 43.0 Å². The molecule has 0 aliphatic carbocycles. The van der Waals surface area contributed by atoms with Crippen LogP contribution in [0.25, 0.3) is 16.9 Å². The van der Waals surface area contributed by atoms with E-state index in [0.717, 1.165) is 41.4 Å². The fourth-order valence-corrected chi connectivity index (χ4v) is 4.26. The van der Waals surface area contributed by atoms with Crippen molar-refractivity contribution in [3.63, 3.8) is 0 Å². The molecule has 5 rings (SSSR count). The van der Waals surface area contributed by atoms with Gasteiger partial charge in [-0.3, -0.25) is 0 Å². The van der Waals surface area contributed by atoms with Gasteiger partial charge in [0.1, 0.15) is 11.6 Å². The van der Waals surface area contributed by atoms with Crippen LogP contribution in [0.5, 0.6) is 0 Å². The van der Waals surface area contributed by atoms with Crippen LogP contribution < -0.4 is 9.80 Å². The van der Waals surface area contributed by atoms with Crippen LogP contribution in [0.15, 0.2) is 60.8 Å². The maximum atomic E-state index is 13.6. The minimum atomic E-state index is -0.300. The van der Waals surface area contributed by atoms with Crippen LogP contribution in [0.2, 0.25) is 5.02 Å². The maximum absolute atomic E-state index is 13.6. The molecule has 0 saturated carbocycles. The summed E-state index contributed by atoms with van der Waals surface area (Å²) in [5.41, 5.74) is 4.75. The van der Waals surface area contributed by atoms with Crippen molar-refractivity contribution in [1.82, 2.24) is 14.6 Å². The van der Waals surface area contributed by atoms with Gasteiger partial charge in [-0.15, -0.1) is 5.10 Å². The van der Waals surface area contributed by atoms with E-state index in [2.05, 4.69) is 34.1 Å². The van der Waals surface area contributed by atoms with Gasteiger partial charge in [-0.25, -0.2) is 13.9 Å². The van der Waals surface area contributed by atoms with Crippen molar-refractivity contribution in [3.8, 4) is 11.3 Å². The highest BCUT2D eigenvalue weighted by Crippen LogP contribution is 2.27. The van der Waals surface area contributed by atoms with Crippen molar-refractivity contribution in [1.29, 1.82) is 0 Å². The minimum absolute atomic E-state index is 0.300. The van der Waals surface area contributed by atoms with Crippen LogP contribution in [-0.4, -0.2) is 34.7 Å². The Morgan fingerprint density at radius 3 is 2.58 bits per heavy atom. The maximum Gasteiger partial charge on any atom is 0.154 e. The summed E-state index contributed by atoms with van der Waals surface area (Å²) in [7, 11) is 1.91. The third-order valence-corrected chi connectivity index (χ3v) is 6.16. The summed E-state index contributed by atoms with van der Waals surface area (Å²) < 4.78 is 15.5. The lowest BCUT2D eigenvalue weighted by Gasteiger charge is -2.19. The van der Waals surface area contributed by atoms with Gasteiger partial charge in [0.25, 0.3) is 0 Å². The molecule has 0 N–H and O–H groups in total. The minimum Gasteiger partial charge on any atom is -0.372 e. The number of imidazole rings is 1. The highest BCUT2D eigenvalue weighted by molar-refractivity contribution is 6.31. The summed E-state index contributed by atoms with van der Waals surface area (Å²) >= 11 is 6.24. The number of aromatic nitrogens is 3. The van der Waals surface area contributed by atoms with Crippen LogP contribution in [0, 0.1) is 5.82 Å². The summed E-state index contributed by atoms with van der Waals surface area (Å²) in [5.74, 6) is 0.450. The van der Waals surface area contributed by atoms with Crippen molar-refractivity contribution in [3.05, 3.63) is 77.2 Å². The van der Waals surface area contributed by atoms with Crippen LogP contribution in [0.4, 0.5) is 15.9 Å². The molecule has 0 radical (unpaired) electrons. The molecule has 5 nitrogen and oxygen atoms in total. The number of nitrogens with zero attached hydrogens (tertiary/aromatic N) is 5. The smallest absolute Gasteiger partial charge is 0.154 e. The van der Waals surface area contributed by atoms with Crippen molar-refractivity contribution >= 4 is 28.8 Å². The van der Waals surface area contributed by atoms with E-state index in [-0.39, 0.29) is 5.82 Å². The molecule has 1 aliphatic heterocycles. The zero-order valence-corrected chi connectivity index (χ0v) is 18.1. The molecular formula is C24H23ClFN5. The largest absolute Gasteiger partial charge is 0.372 e. The fraction of sp³-hybridized carbons (Fsp3) is 0.250. The summed E-state index contributed by atoms with van der Waals surface area (Å²) in [6.45, 7) is 2.70. The van der Waals surface area contributed by atoms with Crippen molar-refractivity contribution in [2.75, 3.05) is 29.9 Å². The summed E-state index contributed by atoms with van der Waals surface area (Å²) in [5, 5.41) is 5.33. The monoisotopic (exact) mass is 435 g/mol. The average molecular weight is 436 g/mol. The molecule has 0 atom stereocenters. The first-order chi connectivity index (χ1) is 15.1. The van der Waals surface area contributed by atoms with Crippen LogP contribution in [0.3, 0.4) is 0 Å². The third kappa shape index (κ3) is 3.95. The van der Waals surface area contributed by atoms with E-state index in [0.29, 0.717) is 11.6 Å². The molecule has 0 unspecified atom stereocenters. The number of rotatable bonds is 5. The molecule has 7 heteroatoms. The van der Waals surface area contributed by atoms with Gasteiger partial charge in [-0.05, 0) is 60.9 Å². The summed E-state index contributed by atoms with van der Waals surface area (Å²) in [4.78, 5) is 8.87. The van der Waals surface area contributed by atoms with Crippen molar-refractivity contribution < 1.29 is 4.39 Å². The molecule has 4 aromatic rings. The lowest BCUT2D eigenvalue weighted by molar-refractivity contribution is 0.625. The molecule has 3 heterocycles. The predicted molar refractivity (Wildman–Crippen MR) is 123 cm³/mol. The molecule has 2 aromatic carbocycles. The van der Waals surface area contributed by atoms with E-state index < -0.39 is 0 Å². The van der Waals surface area contributed by atoms with E-state index >= 15 is 0 Å². The Balaban J connectivity index is 1.43. The first-order valence-corrected chi connectivity index (χ1v) is 10.8. The number of hydrogen-bond donors (Lipinski definition) is 0. The molecular weight excluding hydrogens is 413 g/mol. The van der Waals surface area contributed by atoms with E-state index in [4.69, 9.17) is 16.7 Å². The number of hydrogen-bond acceptors (Lipinski definition) is 4. The van der Waals surface area contributed by atoms with Gasteiger partial charge in [0.05, 0.1) is 11.9 Å². The van der Waals surface area contributed by atoms with Crippen molar-refractivity contribution in [2.24, 2.45) is 0 Å². The van der Waals surface area contributed by atoms with Gasteiger partial charge < -0.3 is 9.80 Å². The highest BCUT2D eigenvalue weighted by Gasteiger charge is 2.14. The van der Waals surface area contributed by atoms with E-state index in [9.17, 15) is 4.39 Å². The number of anilines is 2. The third-order valence-electron chi connectivity index (χ3n) is 5.79. The standard InChI is InChI=1S/C24H23ClFN5/c1-29(16-18-14-19(26)6-9-21(18)25)24-11-10-23-27-15-22(31(23)28-24)17-4-7-20(8-5-17)30-12-2-3-13-30/h4-11,14-15H,2-3,12-13,16H2,1H3. The second kappa shape index (κ2) is 8.19. The fourth-order valence-electron chi connectivity index (χ4n) is 4.08. The highest BCUT2D eigenvalue weighted by atomic mass is 35.5. The Morgan fingerprint density at radius 2 is 1.81 bits per heavy atom. The van der Waals surface area contributed by atoms with Gasteiger partial charge in [-0.1, -0.05) is 23.7 Å². The average Bonchev–Trinajstić information content (AvgIpc) is 3.46. The number of fused-ring (bicyclic) bond motifs is 1. The second-order valence-electron chi connectivity index (χ2n) is 7.94. The van der Waals surface area contributed by atoms with E-state index in [1.165, 1.54) is 30.7 Å². The zero-order chi connectivity index (χ0) is 21.4. The molecule has 0 amide bonds. The molecule has 1 saturated heterocycles. The lowest BCUT2D eigenvalue weighted by Crippen LogP contribution is -2.19. The van der Waals surface area contributed by atoms with Crippen LogP contribution in [0.1, 0.15) is 18.4 Å². The molecule has 158 valence electrons. The molecule has 1 fully saturated rings. The van der Waals surface area contributed by atoms with Gasteiger partial charge in [0.2, 0.25) is 0 Å². The molecule has 2 aromatic heterocycles. The Hall–Kier alpha value is -3.12. The van der Waals surface area contributed by atoms with E-state index in [1.807, 2.05) is 34.8 Å². The molecule has 1 aliphatic rings. The summed E-state index contributed by atoms with van der Waals surface area (Å²) in [6.07, 6.45) is 4.37. The SMILES string of the molecule is CN(Cc1cc(F)ccc1Cl)c1ccc2ncc(-c3ccc(N4CCCC4)cc3)n2n1. The normalized spacial score (nSPS) is 13.8. The predicted octanol–water partition coefficient (Wildman–Crippen LogP) is 5.43. The topological polar surface area (TPSA) is 36.7 Å². The van der Waals surface area contributed by atoms with Crippen molar-refractivity contribution in [2.45, 2.75) is 19.4 Å². The molecule has 0 bridgehead atoms. The van der Waals surface area contributed by atoms with Gasteiger partial charge in [0.15, 0.2) is 5.65 Å². The van der Waals surface area contributed by atoms with Gasteiger partial charge >= 0.3 is 0 Å². The Morgan fingerprint density at radius 1 is 1.03 bits per heavy atom. The molecule has 0 spiro atoms. The Bertz CT molecular complexity index is 1210. The quantitative estimate of drug-likeness (QED) is 0.419. The van der Waals surface area contributed by atoms with Crippen LogP contribution in [-0.2, 0) is 6.54 Å². The molecule has 31 heavy (non-hydrogen) atoms. The van der Waals surface area contributed by atoms with Gasteiger partial charge in [-0.2, -0.15) is 0 Å². The lowest BCUT2D eigenvalue weighted by atomic mass is 10.1. The number of benzene rings is 2. The first-order valence-electron chi connectivity index (χ1n) is 10.4. The number of halogens is 2. The Kier molecular flexibility index (Phi) is 5.24. The zero-order valence-electron chi connectivity index (χ0n) is 17.3. The van der Waals surface area contributed by atoms with E-state index in [1.54, 1.807) is 6.07 Å². The second-order valence-corrected chi connectivity index (χ2v) is 8.34. The van der Waals surface area contributed by atoms with Crippen LogP contribution >= 0.6 is 11.6 Å². The summed E-state index contributed by atoms with van der Waals surface area (Å²) in [6, 6.07) is 16.8. The first kappa shape index (κ1) is 19.8.